The average Bonchev–Trinajstić information content (AvgIpc) is 2.70. The molecule has 5 nitrogen and oxygen atoms in total. The maximum atomic E-state index is 13.5. The smallest absolute Gasteiger partial charge is 0.379 e. The van der Waals surface area contributed by atoms with Gasteiger partial charge in [0.05, 0.1) is 19.8 Å². The van der Waals surface area contributed by atoms with Crippen molar-refractivity contribution in [2.24, 2.45) is 5.41 Å². The average molecular weight is 398 g/mol. The van der Waals surface area contributed by atoms with E-state index < -0.39 is 23.5 Å². The van der Waals surface area contributed by atoms with Crippen molar-refractivity contribution in [1.29, 1.82) is 0 Å². The minimum Gasteiger partial charge on any atom is -0.465 e. The summed E-state index contributed by atoms with van der Waals surface area (Å²) < 4.78 is 23.1. The summed E-state index contributed by atoms with van der Waals surface area (Å²) >= 11 is 0. The maximum absolute atomic E-state index is 13.5. The summed E-state index contributed by atoms with van der Waals surface area (Å²) in [5, 5.41) is 0. The van der Waals surface area contributed by atoms with E-state index in [2.05, 4.69) is 18.6 Å². The van der Waals surface area contributed by atoms with Gasteiger partial charge >= 0.3 is 11.9 Å². The Balaban J connectivity index is 2.39. The standard InChI is InChI=1S/C23H23FO5/c1-23(2)10-9-16-14(12-23)11-17(20(25)22(27)29-4)19(21(26)28-3)18(16)13-5-7-15(24)8-6-13/h5-8,11H,9-10,12H2,1-4H3. The van der Waals surface area contributed by atoms with Gasteiger partial charge in [0.1, 0.15) is 5.82 Å². The molecular weight excluding hydrogens is 375 g/mol. The molecule has 0 saturated carbocycles. The van der Waals surface area contributed by atoms with Gasteiger partial charge in [0.25, 0.3) is 5.78 Å². The van der Waals surface area contributed by atoms with Gasteiger partial charge in [-0.1, -0.05) is 26.0 Å². The molecule has 0 saturated heterocycles. The molecule has 0 atom stereocenters. The second-order valence-electron chi connectivity index (χ2n) is 7.97. The van der Waals surface area contributed by atoms with Gasteiger partial charge in [0, 0.05) is 11.1 Å². The van der Waals surface area contributed by atoms with Gasteiger partial charge in [-0.25, -0.2) is 14.0 Å². The van der Waals surface area contributed by atoms with E-state index in [0.29, 0.717) is 24.0 Å². The quantitative estimate of drug-likeness (QED) is 0.440. The third-order valence-corrected chi connectivity index (χ3v) is 5.39. The third-order valence-electron chi connectivity index (χ3n) is 5.39. The van der Waals surface area contributed by atoms with Crippen LogP contribution in [0, 0.1) is 11.2 Å². The van der Waals surface area contributed by atoms with E-state index in [9.17, 15) is 18.8 Å². The van der Waals surface area contributed by atoms with Crippen LogP contribution in [0.3, 0.4) is 0 Å². The molecule has 0 aromatic heterocycles. The van der Waals surface area contributed by atoms with Crippen molar-refractivity contribution < 1.29 is 28.2 Å². The number of ketones is 1. The second-order valence-corrected chi connectivity index (χ2v) is 7.97. The van der Waals surface area contributed by atoms with E-state index in [4.69, 9.17) is 4.74 Å². The van der Waals surface area contributed by atoms with Gasteiger partial charge in [0.2, 0.25) is 0 Å². The Labute approximate surface area is 168 Å². The number of Topliss-reactive ketones (excluding diaryl/α,β-unsaturated/α-hetero) is 1. The molecule has 2 aromatic carbocycles. The number of halogens is 1. The Bertz CT molecular complexity index is 989. The van der Waals surface area contributed by atoms with Crippen LogP contribution in [0.1, 0.15) is 52.1 Å². The lowest BCUT2D eigenvalue weighted by Gasteiger charge is -2.33. The molecule has 1 aliphatic carbocycles. The van der Waals surface area contributed by atoms with Crippen molar-refractivity contribution in [1.82, 2.24) is 0 Å². The maximum Gasteiger partial charge on any atom is 0.379 e. The number of hydrogen-bond donors (Lipinski definition) is 0. The predicted molar refractivity (Wildman–Crippen MR) is 105 cm³/mol. The monoisotopic (exact) mass is 398 g/mol. The van der Waals surface area contributed by atoms with Crippen molar-refractivity contribution in [2.45, 2.75) is 33.1 Å². The van der Waals surface area contributed by atoms with Crippen LogP contribution < -0.4 is 0 Å². The van der Waals surface area contributed by atoms with Crippen molar-refractivity contribution in [3.8, 4) is 11.1 Å². The molecule has 0 amide bonds. The second kappa shape index (κ2) is 7.78. The molecule has 1 aliphatic rings. The first-order valence-corrected chi connectivity index (χ1v) is 9.34. The number of rotatable bonds is 4. The van der Waals surface area contributed by atoms with E-state index in [1.165, 1.54) is 19.2 Å². The molecule has 0 unspecified atom stereocenters. The van der Waals surface area contributed by atoms with Crippen LogP contribution in [-0.4, -0.2) is 31.9 Å². The van der Waals surface area contributed by atoms with E-state index >= 15 is 0 Å². The Morgan fingerprint density at radius 1 is 1.03 bits per heavy atom. The first-order chi connectivity index (χ1) is 13.7. The number of methoxy groups -OCH3 is 2. The van der Waals surface area contributed by atoms with Crippen molar-refractivity contribution in [3.05, 3.63) is 58.4 Å². The highest BCUT2D eigenvalue weighted by Crippen LogP contribution is 2.42. The zero-order valence-electron chi connectivity index (χ0n) is 16.9. The lowest BCUT2D eigenvalue weighted by molar-refractivity contribution is -0.135. The number of ether oxygens (including phenoxy) is 2. The summed E-state index contributed by atoms with van der Waals surface area (Å²) in [7, 11) is 2.33. The van der Waals surface area contributed by atoms with Crippen LogP contribution in [0.2, 0.25) is 0 Å². The van der Waals surface area contributed by atoms with E-state index in [0.717, 1.165) is 24.7 Å². The van der Waals surface area contributed by atoms with Crippen LogP contribution in [0.5, 0.6) is 0 Å². The van der Waals surface area contributed by atoms with Crippen LogP contribution in [0.25, 0.3) is 11.1 Å². The minimum absolute atomic E-state index is 0.00539. The Hall–Kier alpha value is -3.02. The molecule has 0 bridgehead atoms. The molecule has 0 N–H and O–H groups in total. The minimum atomic E-state index is -1.06. The largest absolute Gasteiger partial charge is 0.465 e. The fraction of sp³-hybridized carbons (Fsp3) is 0.348. The first kappa shape index (κ1) is 20.7. The fourth-order valence-electron chi connectivity index (χ4n) is 3.92. The molecule has 0 spiro atoms. The Morgan fingerprint density at radius 3 is 2.28 bits per heavy atom. The molecule has 0 radical (unpaired) electrons. The molecule has 29 heavy (non-hydrogen) atoms. The Kier molecular flexibility index (Phi) is 5.55. The summed E-state index contributed by atoms with van der Waals surface area (Å²) in [6, 6.07) is 7.32. The zero-order valence-corrected chi connectivity index (χ0v) is 16.9. The third kappa shape index (κ3) is 3.92. The summed E-state index contributed by atoms with van der Waals surface area (Å²) in [6.07, 6.45) is 2.25. The van der Waals surface area contributed by atoms with Crippen LogP contribution in [-0.2, 0) is 27.1 Å². The molecule has 152 valence electrons. The number of hydrogen-bond acceptors (Lipinski definition) is 5. The topological polar surface area (TPSA) is 69.7 Å². The van der Waals surface area contributed by atoms with Gasteiger partial charge in [-0.3, -0.25) is 4.79 Å². The molecular formula is C23H23FO5. The number of fused-ring (bicyclic) bond motifs is 1. The lowest BCUT2D eigenvalue weighted by atomic mass is 9.71. The van der Waals surface area contributed by atoms with Crippen LogP contribution >= 0.6 is 0 Å². The molecule has 2 aromatic rings. The fourth-order valence-corrected chi connectivity index (χ4v) is 3.92. The van der Waals surface area contributed by atoms with Gasteiger partial charge in [-0.05, 0) is 59.6 Å². The normalized spacial score (nSPS) is 14.7. The van der Waals surface area contributed by atoms with Crippen molar-refractivity contribution in [3.63, 3.8) is 0 Å². The molecule has 0 aliphatic heterocycles. The van der Waals surface area contributed by atoms with E-state index in [1.54, 1.807) is 18.2 Å². The number of esters is 2. The number of carbonyl (C=O) groups excluding carboxylic acids is 3. The number of carbonyl (C=O) groups is 3. The Morgan fingerprint density at radius 2 is 1.69 bits per heavy atom. The zero-order chi connectivity index (χ0) is 21.3. The van der Waals surface area contributed by atoms with Crippen LogP contribution in [0.4, 0.5) is 4.39 Å². The van der Waals surface area contributed by atoms with E-state index in [1.807, 2.05) is 0 Å². The summed E-state index contributed by atoms with van der Waals surface area (Å²) in [6.45, 7) is 4.26. The first-order valence-electron chi connectivity index (χ1n) is 9.34. The van der Waals surface area contributed by atoms with Gasteiger partial charge in [-0.2, -0.15) is 0 Å². The van der Waals surface area contributed by atoms with Gasteiger partial charge in [0.15, 0.2) is 0 Å². The van der Waals surface area contributed by atoms with Crippen molar-refractivity contribution >= 4 is 17.7 Å². The SMILES string of the molecule is COC(=O)C(=O)c1cc2c(c(-c3ccc(F)cc3)c1C(=O)OC)CCC(C)(C)C2. The summed E-state index contributed by atoms with van der Waals surface area (Å²) in [5.74, 6) is -3.12. The van der Waals surface area contributed by atoms with Gasteiger partial charge in [-0.15, -0.1) is 0 Å². The molecule has 3 rings (SSSR count). The highest BCUT2D eigenvalue weighted by molar-refractivity contribution is 6.42. The van der Waals surface area contributed by atoms with E-state index in [-0.39, 0.29) is 16.5 Å². The molecule has 0 fully saturated rings. The lowest BCUT2D eigenvalue weighted by Crippen LogP contribution is -2.27. The highest BCUT2D eigenvalue weighted by Gasteiger charge is 2.34. The number of benzene rings is 2. The summed E-state index contributed by atoms with van der Waals surface area (Å²) in [4.78, 5) is 37.5. The van der Waals surface area contributed by atoms with Gasteiger partial charge < -0.3 is 9.47 Å². The predicted octanol–water partition coefficient (Wildman–Crippen LogP) is 4.15. The molecule has 0 heterocycles. The van der Waals surface area contributed by atoms with Crippen LogP contribution in [0.15, 0.2) is 30.3 Å². The summed E-state index contributed by atoms with van der Waals surface area (Å²) in [5.41, 5.74) is 2.86. The molecule has 6 heteroatoms. The van der Waals surface area contributed by atoms with Crippen molar-refractivity contribution in [2.75, 3.05) is 14.2 Å². The highest BCUT2D eigenvalue weighted by atomic mass is 19.1.